The van der Waals surface area contributed by atoms with Crippen molar-refractivity contribution in [3.63, 3.8) is 0 Å². The van der Waals surface area contributed by atoms with Crippen molar-refractivity contribution < 1.29 is 9.35 Å². The molecule has 0 aromatic heterocycles. The average molecular weight is 349 g/mol. The number of para-hydroxylation sites is 1. The molecule has 0 heterocycles. The molecule has 126 valence electrons. The van der Waals surface area contributed by atoms with Gasteiger partial charge in [-0.25, -0.2) is 0 Å². The fourth-order valence-electron chi connectivity index (χ4n) is 2.85. The van der Waals surface area contributed by atoms with E-state index in [1.807, 2.05) is 36.4 Å². The molecule has 0 atom stereocenters. The van der Waals surface area contributed by atoms with Crippen LogP contribution >= 0.6 is 0 Å². The van der Waals surface area contributed by atoms with E-state index >= 15 is 0 Å². The standard InChI is InChI=1S/C20H19NO3Si/c22-21(23)19-14-8-7-13-18(19)15-24-25-20(16-9-3-1-4-10-16)17-11-5-2-6-12-17/h1-14,20H,15,25H2. The second kappa shape index (κ2) is 8.37. The molecular weight excluding hydrogens is 330 g/mol. The number of benzene rings is 3. The molecule has 0 amide bonds. The van der Waals surface area contributed by atoms with E-state index in [9.17, 15) is 10.1 Å². The van der Waals surface area contributed by atoms with Crippen LogP contribution in [-0.2, 0) is 11.0 Å². The Morgan fingerprint density at radius 2 is 1.36 bits per heavy atom. The molecule has 0 bridgehead atoms. The van der Waals surface area contributed by atoms with Gasteiger partial charge in [-0.15, -0.1) is 0 Å². The first kappa shape index (κ1) is 17.1. The smallest absolute Gasteiger partial charge is 0.274 e. The quantitative estimate of drug-likeness (QED) is 0.368. The highest BCUT2D eigenvalue weighted by Crippen LogP contribution is 2.25. The van der Waals surface area contributed by atoms with Crippen molar-refractivity contribution in [3.05, 3.63) is 112 Å². The summed E-state index contributed by atoms with van der Waals surface area (Å²) in [5, 5.41) is 11.1. The zero-order valence-corrected chi connectivity index (χ0v) is 15.2. The van der Waals surface area contributed by atoms with E-state index < -0.39 is 9.76 Å². The Morgan fingerprint density at radius 3 is 1.92 bits per heavy atom. The maximum absolute atomic E-state index is 11.1. The van der Waals surface area contributed by atoms with Crippen LogP contribution in [0.5, 0.6) is 0 Å². The lowest BCUT2D eigenvalue weighted by Gasteiger charge is -2.17. The minimum absolute atomic E-state index is 0.118. The summed E-state index contributed by atoms with van der Waals surface area (Å²) in [6, 6.07) is 27.3. The first-order valence-corrected chi connectivity index (χ1v) is 9.55. The Labute approximate surface area is 149 Å². The molecule has 0 aliphatic rings. The molecular formula is C20H19NO3Si. The van der Waals surface area contributed by atoms with Gasteiger partial charge in [-0.3, -0.25) is 10.1 Å². The van der Waals surface area contributed by atoms with Gasteiger partial charge in [0.2, 0.25) is 0 Å². The molecule has 0 unspecified atom stereocenters. The number of hydrogen-bond donors (Lipinski definition) is 0. The van der Waals surface area contributed by atoms with Crippen LogP contribution in [0.25, 0.3) is 0 Å². The summed E-state index contributed by atoms with van der Waals surface area (Å²) in [6.45, 7) is 0.277. The Morgan fingerprint density at radius 1 is 0.840 bits per heavy atom. The molecule has 25 heavy (non-hydrogen) atoms. The van der Waals surface area contributed by atoms with E-state index in [1.54, 1.807) is 18.2 Å². The minimum Gasteiger partial charge on any atom is -0.419 e. The van der Waals surface area contributed by atoms with Crippen molar-refractivity contribution >= 4 is 15.5 Å². The molecule has 4 nitrogen and oxygen atoms in total. The van der Waals surface area contributed by atoms with Crippen LogP contribution in [0.1, 0.15) is 22.2 Å². The second-order valence-electron chi connectivity index (χ2n) is 5.77. The highest BCUT2D eigenvalue weighted by molar-refractivity contribution is 6.31. The minimum atomic E-state index is -0.978. The van der Waals surface area contributed by atoms with Gasteiger partial charge in [0.15, 0.2) is 9.76 Å². The predicted octanol–water partition coefficient (Wildman–Crippen LogP) is 3.98. The number of nitro groups is 1. The normalized spacial score (nSPS) is 11.2. The summed E-state index contributed by atoms with van der Waals surface area (Å²) in [5.41, 5.74) is 3.42. The third-order valence-electron chi connectivity index (χ3n) is 4.13. The van der Waals surface area contributed by atoms with Crippen LogP contribution < -0.4 is 0 Å². The number of nitro benzene ring substituents is 1. The molecule has 5 heteroatoms. The van der Waals surface area contributed by atoms with Crippen molar-refractivity contribution in [2.45, 2.75) is 12.1 Å². The summed E-state index contributed by atoms with van der Waals surface area (Å²) in [5.74, 6) is 0. The van der Waals surface area contributed by atoms with Crippen LogP contribution in [0.4, 0.5) is 5.69 Å². The van der Waals surface area contributed by atoms with E-state index in [2.05, 4.69) is 24.3 Å². The van der Waals surface area contributed by atoms with E-state index in [0.717, 1.165) is 0 Å². The fraction of sp³-hybridized carbons (Fsp3) is 0.100. The van der Waals surface area contributed by atoms with Gasteiger partial charge in [0.1, 0.15) is 0 Å². The van der Waals surface area contributed by atoms with Crippen LogP contribution in [0, 0.1) is 10.1 Å². The molecule has 0 saturated carbocycles. The summed E-state index contributed by atoms with van der Waals surface area (Å²) in [7, 11) is -0.978. The van der Waals surface area contributed by atoms with Crippen molar-refractivity contribution in [1.82, 2.24) is 0 Å². The molecule has 0 fully saturated rings. The van der Waals surface area contributed by atoms with Crippen LogP contribution in [0.3, 0.4) is 0 Å². The second-order valence-corrected chi connectivity index (χ2v) is 7.33. The molecule has 0 saturated heterocycles. The lowest BCUT2D eigenvalue weighted by Crippen LogP contribution is -2.14. The third kappa shape index (κ3) is 4.41. The van der Waals surface area contributed by atoms with Crippen molar-refractivity contribution in [2.75, 3.05) is 0 Å². The molecule has 0 spiro atoms. The zero-order chi connectivity index (χ0) is 17.5. The summed E-state index contributed by atoms with van der Waals surface area (Å²) in [4.78, 5) is 10.8. The largest absolute Gasteiger partial charge is 0.419 e. The summed E-state index contributed by atoms with van der Waals surface area (Å²) >= 11 is 0. The zero-order valence-electron chi connectivity index (χ0n) is 13.7. The molecule has 0 aliphatic heterocycles. The van der Waals surface area contributed by atoms with Crippen LogP contribution in [0.15, 0.2) is 84.9 Å². The summed E-state index contributed by atoms with van der Waals surface area (Å²) < 4.78 is 6.02. The van der Waals surface area contributed by atoms with Crippen LogP contribution in [0.2, 0.25) is 0 Å². The highest BCUT2D eigenvalue weighted by atomic mass is 28.2. The molecule has 0 aliphatic carbocycles. The highest BCUT2D eigenvalue weighted by Gasteiger charge is 2.17. The van der Waals surface area contributed by atoms with Gasteiger partial charge in [0.25, 0.3) is 5.69 Å². The third-order valence-corrected chi connectivity index (χ3v) is 5.85. The van der Waals surface area contributed by atoms with Gasteiger partial charge in [0, 0.05) is 11.6 Å². The SMILES string of the molecule is O=[N+]([O-])c1ccccc1CO[SiH2]C(c1ccccc1)c1ccccc1. The van der Waals surface area contributed by atoms with Gasteiger partial charge in [-0.1, -0.05) is 72.8 Å². The first-order chi connectivity index (χ1) is 12.3. The molecule has 0 N–H and O–H groups in total. The topological polar surface area (TPSA) is 52.4 Å². The summed E-state index contributed by atoms with van der Waals surface area (Å²) in [6.07, 6.45) is 0. The predicted molar refractivity (Wildman–Crippen MR) is 101 cm³/mol. The fourth-order valence-corrected chi connectivity index (χ4v) is 4.36. The van der Waals surface area contributed by atoms with Gasteiger partial charge in [0.05, 0.1) is 17.1 Å². The van der Waals surface area contributed by atoms with Gasteiger partial charge in [-0.2, -0.15) is 0 Å². The Bertz CT molecular complexity index is 785. The van der Waals surface area contributed by atoms with Gasteiger partial charge < -0.3 is 4.43 Å². The first-order valence-electron chi connectivity index (χ1n) is 8.15. The molecule has 3 aromatic rings. The van der Waals surface area contributed by atoms with E-state index in [-0.39, 0.29) is 22.8 Å². The lowest BCUT2D eigenvalue weighted by atomic mass is 10.0. The lowest BCUT2D eigenvalue weighted by molar-refractivity contribution is -0.385. The van der Waals surface area contributed by atoms with Crippen molar-refractivity contribution in [1.29, 1.82) is 0 Å². The van der Waals surface area contributed by atoms with E-state index in [1.165, 1.54) is 17.2 Å². The Hall–Kier alpha value is -2.76. The monoisotopic (exact) mass is 349 g/mol. The van der Waals surface area contributed by atoms with Crippen molar-refractivity contribution in [3.8, 4) is 0 Å². The maximum Gasteiger partial charge on any atom is 0.274 e. The van der Waals surface area contributed by atoms with E-state index in [0.29, 0.717) is 5.56 Å². The van der Waals surface area contributed by atoms with Gasteiger partial charge in [-0.05, 0) is 17.2 Å². The van der Waals surface area contributed by atoms with Crippen LogP contribution in [-0.4, -0.2) is 14.7 Å². The van der Waals surface area contributed by atoms with Gasteiger partial charge >= 0.3 is 0 Å². The average Bonchev–Trinajstić information content (AvgIpc) is 2.67. The maximum atomic E-state index is 11.1. The molecule has 3 rings (SSSR count). The number of hydrogen-bond acceptors (Lipinski definition) is 3. The Kier molecular flexibility index (Phi) is 5.72. The Balaban J connectivity index is 1.75. The molecule has 0 radical (unpaired) electrons. The van der Waals surface area contributed by atoms with Crippen molar-refractivity contribution in [2.24, 2.45) is 0 Å². The number of nitrogens with zero attached hydrogens (tertiary/aromatic N) is 1. The molecule has 3 aromatic carbocycles. The number of rotatable bonds is 7. The van der Waals surface area contributed by atoms with E-state index in [4.69, 9.17) is 4.43 Å².